The van der Waals surface area contributed by atoms with Crippen molar-refractivity contribution in [3.05, 3.63) is 95.6 Å². The summed E-state index contributed by atoms with van der Waals surface area (Å²) in [5.41, 5.74) is 3.90. The Bertz CT molecular complexity index is 1300. The zero-order valence-corrected chi connectivity index (χ0v) is 17.9. The number of ether oxygens (including phenoxy) is 1. The molecule has 1 aliphatic rings. The van der Waals surface area contributed by atoms with Crippen molar-refractivity contribution in [3.63, 3.8) is 0 Å². The van der Waals surface area contributed by atoms with Crippen LogP contribution in [0.3, 0.4) is 0 Å². The van der Waals surface area contributed by atoms with Crippen LogP contribution in [0.2, 0.25) is 0 Å². The summed E-state index contributed by atoms with van der Waals surface area (Å²) in [4.78, 5) is 30.4. The van der Waals surface area contributed by atoms with Crippen LogP contribution in [0.15, 0.2) is 78.9 Å². The smallest absolute Gasteiger partial charge is 0.337 e. The first kappa shape index (κ1) is 20.0. The Morgan fingerprint density at radius 3 is 2.31 bits per heavy atom. The van der Waals surface area contributed by atoms with Crippen molar-refractivity contribution in [2.24, 2.45) is 5.92 Å². The van der Waals surface area contributed by atoms with Gasteiger partial charge in [0.15, 0.2) is 5.78 Å². The Hall–Kier alpha value is -3.93. The van der Waals surface area contributed by atoms with E-state index in [1.807, 2.05) is 73.7 Å². The number of imidazole rings is 1. The number of methoxy groups -OCH3 is 1. The van der Waals surface area contributed by atoms with Crippen LogP contribution in [0, 0.1) is 5.92 Å². The molecular formula is C26H23N3O3. The lowest BCUT2D eigenvalue weighted by Crippen LogP contribution is -2.44. The second-order valence-corrected chi connectivity index (χ2v) is 8.04. The predicted molar refractivity (Wildman–Crippen MR) is 123 cm³/mol. The number of carbonyl (C=O) groups is 2. The molecule has 0 amide bonds. The maximum Gasteiger partial charge on any atom is 0.337 e. The lowest BCUT2D eigenvalue weighted by atomic mass is 9.80. The van der Waals surface area contributed by atoms with Crippen molar-refractivity contribution in [1.82, 2.24) is 9.55 Å². The van der Waals surface area contributed by atoms with Gasteiger partial charge in [0.2, 0.25) is 5.95 Å². The molecule has 0 saturated heterocycles. The molecule has 0 unspecified atom stereocenters. The number of rotatable bonds is 4. The van der Waals surface area contributed by atoms with Crippen LogP contribution in [-0.4, -0.2) is 34.5 Å². The minimum absolute atomic E-state index is 0.0658. The maximum absolute atomic E-state index is 13.7. The number of hydrogen-bond donors (Lipinski definition) is 1. The normalized spacial score (nSPS) is 19.8. The van der Waals surface area contributed by atoms with Crippen LogP contribution >= 0.6 is 0 Å². The fraction of sp³-hybridized carbons (Fsp3) is 0.192. The van der Waals surface area contributed by atoms with Gasteiger partial charge < -0.3 is 14.6 Å². The SMILES string of the molecule is COC(=O)c1ccc([C@@H]2[C@H](C(=O)c3ccccc3)[C@H](C)Nc3nc4ccccc4n32)cc1. The van der Waals surface area contributed by atoms with Crippen molar-refractivity contribution in [3.8, 4) is 0 Å². The summed E-state index contributed by atoms with van der Waals surface area (Å²) in [6.07, 6.45) is 0. The van der Waals surface area contributed by atoms with Gasteiger partial charge in [-0.3, -0.25) is 4.79 Å². The molecule has 1 N–H and O–H groups in total. The molecule has 0 spiro atoms. The second kappa shape index (κ2) is 7.96. The molecule has 5 rings (SSSR count). The highest BCUT2D eigenvalue weighted by atomic mass is 16.5. The van der Waals surface area contributed by atoms with Crippen LogP contribution in [0.5, 0.6) is 0 Å². The molecule has 0 fully saturated rings. The second-order valence-electron chi connectivity index (χ2n) is 8.04. The average molecular weight is 425 g/mol. The largest absolute Gasteiger partial charge is 0.465 e. The minimum Gasteiger partial charge on any atom is -0.465 e. The van der Waals surface area contributed by atoms with E-state index in [-0.39, 0.29) is 29.8 Å². The van der Waals surface area contributed by atoms with E-state index in [0.717, 1.165) is 22.5 Å². The van der Waals surface area contributed by atoms with Crippen molar-refractivity contribution >= 4 is 28.7 Å². The molecule has 0 radical (unpaired) electrons. The first-order valence-electron chi connectivity index (χ1n) is 10.6. The van der Waals surface area contributed by atoms with Gasteiger partial charge in [-0.05, 0) is 36.8 Å². The third-order valence-electron chi connectivity index (χ3n) is 6.14. The number of carbonyl (C=O) groups excluding carboxylic acids is 2. The highest BCUT2D eigenvalue weighted by molar-refractivity contribution is 5.99. The van der Waals surface area contributed by atoms with Gasteiger partial charge in [0.25, 0.3) is 0 Å². The summed E-state index contributed by atoms with van der Waals surface area (Å²) in [6, 6.07) is 24.2. The van der Waals surface area contributed by atoms with Crippen molar-refractivity contribution in [2.45, 2.75) is 19.0 Å². The number of anilines is 1. The molecule has 3 aromatic carbocycles. The lowest BCUT2D eigenvalue weighted by molar-refractivity contribution is 0.0600. The van der Waals surface area contributed by atoms with E-state index < -0.39 is 0 Å². The van der Waals surface area contributed by atoms with Crippen LogP contribution in [0.4, 0.5) is 5.95 Å². The number of nitrogens with one attached hydrogen (secondary N) is 1. The van der Waals surface area contributed by atoms with Gasteiger partial charge in [0, 0.05) is 11.6 Å². The number of ketones is 1. The van der Waals surface area contributed by atoms with Gasteiger partial charge in [-0.25, -0.2) is 9.78 Å². The fourth-order valence-electron chi connectivity index (χ4n) is 4.61. The quantitative estimate of drug-likeness (QED) is 0.378. The molecule has 1 aromatic heterocycles. The number of para-hydroxylation sites is 2. The van der Waals surface area contributed by atoms with E-state index in [1.165, 1.54) is 7.11 Å². The highest BCUT2D eigenvalue weighted by Gasteiger charge is 2.41. The third kappa shape index (κ3) is 3.24. The van der Waals surface area contributed by atoms with E-state index >= 15 is 0 Å². The summed E-state index contributed by atoms with van der Waals surface area (Å²) in [5, 5.41) is 3.45. The van der Waals surface area contributed by atoms with Gasteiger partial charge in [0.1, 0.15) is 0 Å². The Kier molecular flexibility index (Phi) is 4.98. The molecular weight excluding hydrogens is 402 g/mol. The molecule has 1 aliphatic heterocycles. The van der Waals surface area contributed by atoms with Gasteiger partial charge in [-0.15, -0.1) is 0 Å². The Labute approximate surface area is 185 Å². The van der Waals surface area contributed by atoms with E-state index in [2.05, 4.69) is 9.88 Å². The fourth-order valence-corrected chi connectivity index (χ4v) is 4.61. The summed E-state index contributed by atoms with van der Waals surface area (Å²) >= 11 is 0. The number of esters is 1. The van der Waals surface area contributed by atoms with E-state index in [4.69, 9.17) is 9.72 Å². The van der Waals surface area contributed by atoms with Crippen molar-refractivity contribution < 1.29 is 14.3 Å². The van der Waals surface area contributed by atoms with E-state index in [1.54, 1.807) is 12.1 Å². The summed E-state index contributed by atoms with van der Waals surface area (Å²) < 4.78 is 6.94. The van der Waals surface area contributed by atoms with Crippen LogP contribution in [0.25, 0.3) is 11.0 Å². The van der Waals surface area contributed by atoms with Gasteiger partial charge in [-0.1, -0.05) is 54.6 Å². The lowest BCUT2D eigenvalue weighted by Gasteiger charge is -2.38. The van der Waals surface area contributed by atoms with Crippen molar-refractivity contribution in [2.75, 3.05) is 12.4 Å². The maximum atomic E-state index is 13.7. The Balaban J connectivity index is 1.69. The summed E-state index contributed by atoms with van der Waals surface area (Å²) in [6.45, 7) is 2.02. The molecule has 3 atom stereocenters. The third-order valence-corrected chi connectivity index (χ3v) is 6.14. The highest BCUT2D eigenvalue weighted by Crippen LogP contribution is 2.41. The predicted octanol–water partition coefficient (Wildman–Crippen LogP) is 4.73. The monoisotopic (exact) mass is 425 g/mol. The number of benzene rings is 3. The first-order valence-corrected chi connectivity index (χ1v) is 10.6. The number of nitrogens with zero attached hydrogens (tertiary/aromatic N) is 2. The topological polar surface area (TPSA) is 73.2 Å². The zero-order chi connectivity index (χ0) is 22.2. The van der Waals surface area contributed by atoms with Crippen LogP contribution in [0.1, 0.15) is 39.2 Å². The summed E-state index contributed by atoms with van der Waals surface area (Å²) in [5.74, 6) is 0.0429. The molecule has 0 bridgehead atoms. The number of aromatic nitrogens is 2. The van der Waals surface area contributed by atoms with Gasteiger partial charge in [-0.2, -0.15) is 0 Å². The van der Waals surface area contributed by atoms with Crippen molar-refractivity contribution in [1.29, 1.82) is 0 Å². The Morgan fingerprint density at radius 1 is 0.906 bits per heavy atom. The molecule has 32 heavy (non-hydrogen) atoms. The molecule has 6 nitrogen and oxygen atoms in total. The average Bonchev–Trinajstić information content (AvgIpc) is 3.20. The van der Waals surface area contributed by atoms with Crippen LogP contribution in [-0.2, 0) is 4.74 Å². The molecule has 160 valence electrons. The Morgan fingerprint density at radius 2 is 1.59 bits per heavy atom. The number of hydrogen-bond acceptors (Lipinski definition) is 5. The number of fused-ring (bicyclic) bond motifs is 3. The molecule has 2 heterocycles. The van der Waals surface area contributed by atoms with Crippen LogP contribution < -0.4 is 5.32 Å². The molecule has 0 aliphatic carbocycles. The van der Waals surface area contributed by atoms with E-state index in [0.29, 0.717) is 11.1 Å². The summed E-state index contributed by atoms with van der Waals surface area (Å²) in [7, 11) is 1.36. The molecule has 6 heteroatoms. The number of Topliss-reactive ketones (excluding diaryl/α,β-unsaturated/α-hetero) is 1. The standard InChI is InChI=1S/C26H23N3O3/c1-16-22(24(30)18-8-4-3-5-9-18)23(17-12-14-19(15-13-17)25(31)32-2)29-21-11-7-6-10-20(21)28-26(29)27-16/h3-16,22-23H,1-2H3,(H,27,28)/t16-,22+,23+/m0/s1. The zero-order valence-electron chi connectivity index (χ0n) is 17.9. The van der Waals surface area contributed by atoms with Gasteiger partial charge >= 0.3 is 5.97 Å². The van der Waals surface area contributed by atoms with Gasteiger partial charge in [0.05, 0.1) is 35.7 Å². The minimum atomic E-state index is -0.388. The molecule has 0 saturated carbocycles. The molecule has 4 aromatic rings. The van der Waals surface area contributed by atoms with E-state index in [9.17, 15) is 9.59 Å². The first-order chi connectivity index (χ1) is 15.6.